The number of benzene rings is 1. The second kappa shape index (κ2) is 4.98. The van der Waals surface area contributed by atoms with E-state index in [9.17, 15) is 4.39 Å². The number of fused-ring (bicyclic) bond motifs is 2. The maximum atomic E-state index is 13.0. The van der Waals surface area contributed by atoms with Crippen LogP contribution in [0.1, 0.15) is 37.8 Å². The van der Waals surface area contributed by atoms with E-state index in [-0.39, 0.29) is 5.82 Å². The molecule has 0 spiro atoms. The first-order valence-electron chi connectivity index (χ1n) is 6.92. The Hall–Kier alpha value is -0.930. The molecule has 1 N–H and O–H groups in total. The first kappa shape index (κ1) is 12.1. The molecule has 1 aromatic rings. The summed E-state index contributed by atoms with van der Waals surface area (Å²) < 4.78 is 19.0. The lowest BCUT2D eigenvalue weighted by atomic mass is 9.81. The Balaban J connectivity index is 1.81. The molecule has 3 heteroatoms. The van der Waals surface area contributed by atoms with Gasteiger partial charge in [-0.05, 0) is 43.5 Å². The van der Waals surface area contributed by atoms with Gasteiger partial charge in [-0.2, -0.15) is 0 Å². The monoisotopic (exact) mass is 249 g/mol. The number of halogens is 1. The molecule has 0 saturated carbocycles. The molecule has 4 unspecified atom stereocenters. The van der Waals surface area contributed by atoms with Gasteiger partial charge >= 0.3 is 0 Å². The van der Waals surface area contributed by atoms with E-state index in [0.717, 1.165) is 13.0 Å². The van der Waals surface area contributed by atoms with Crippen molar-refractivity contribution in [1.29, 1.82) is 0 Å². The highest BCUT2D eigenvalue weighted by Gasteiger charge is 2.44. The maximum Gasteiger partial charge on any atom is 0.123 e. The molecule has 2 saturated heterocycles. The topological polar surface area (TPSA) is 21.3 Å². The molecule has 2 bridgehead atoms. The smallest absolute Gasteiger partial charge is 0.123 e. The molecular weight excluding hydrogens is 229 g/mol. The van der Waals surface area contributed by atoms with Gasteiger partial charge < -0.3 is 10.1 Å². The highest BCUT2D eigenvalue weighted by molar-refractivity contribution is 5.22. The van der Waals surface area contributed by atoms with E-state index in [4.69, 9.17) is 4.74 Å². The van der Waals surface area contributed by atoms with Crippen molar-refractivity contribution in [3.05, 3.63) is 35.6 Å². The van der Waals surface area contributed by atoms with E-state index in [2.05, 4.69) is 12.2 Å². The van der Waals surface area contributed by atoms with Gasteiger partial charge in [0.2, 0.25) is 0 Å². The van der Waals surface area contributed by atoms with Crippen molar-refractivity contribution < 1.29 is 9.13 Å². The van der Waals surface area contributed by atoms with Gasteiger partial charge in [0.15, 0.2) is 0 Å². The standard InChI is InChI=1S/C15H20FNO/c1-2-17-15(10-3-5-11(16)6-4-10)13-9-12-7-8-14(13)18-12/h3-6,12-15,17H,2,7-9H2,1H3. The molecular formula is C15H20FNO. The van der Waals surface area contributed by atoms with E-state index in [1.165, 1.54) is 18.4 Å². The summed E-state index contributed by atoms with van der Waals surface area (Å²) in [7, 11) is 0. The summed E-state index contributed by atoms with van der Waals surface area (Å²) >= 11 is 0. The maximum absolute atomic E-state index is 13.0. The van der Waals surface area contributed by atoms with Crippen molar-refractivity contribution in [3.63, 3.8) is 0 Å². The van der Waals surface area contributed by atoms with Crippen molar-refractivity contribution in [2.75, 3.05) is 6.54 Å². The van der Waals surface area contributed by atoms with Crippen LogP contribution in [0.2, 0.25) is 0 Å². The number of hydrogen-bond acceptors (Lipinski definition) is 2. The van der Waals surface area contributed by atoms with E-state index in [1.54, 1.807) is 12.1 Å². The van der Waals surface area contributed by atoms with Crippen LogP contribution >= 0.6 is 0 Å². The van der Waals surface area contributed by atoms with Crippen molar-refractivity contribution in [2.45, 2.75) is 44.4 Å². The van der Waals surface area contributed by atoms with Crippen LogP contribution in [0.5, 0.6) is 0 Å². The summed E-state index contributed by atoms with van der Waals surface area (Å²) in [6.07, 6.45) is 4.38. The molecule has 2 aliphatic rings. The number of rotatable bonds is 4. The SMILES string of the molecule is CCNC(c1ccc(F)cc1)C1CC2CCC1O2. The Morgan fingerprint density at radius 1 is 1.33 bits per heavy atom. The summed E-state index contributed by atoms with van der Waals surface area (Å²) in [5, 5.41) is 3.54. The van der Waals surface area contributed by atoms with Crippen LogP contribution < -0.4 is 5.32 Å². The largest absolute Gasteiger partial charge is 0.375 e. The zero-order chi connectivity index (χ0) is 12.5. The molecule has 2 nitrogen and oxygen atoms in total. The second-order valence-corrected chi connectivity index (χ2v) is 5.36. The molecule has 98 valence electrons. The highest BCUT2D eigenvalue weighted by Crippen LogP contribution is 2.44. The molecule has 0 amide bonds. The Kier molecular flexibility index (Phi) is 3.35. The van der Waals surface area contributed by atoms with E-state index < -0.39 is 0 Å². The third-order valence-electron chi connectivity index (χ3n) is 4.23. The van der Waals surface area contributed by atoms with E-state index in [1.807, 2.05) is 12.1 Å². The van der Waals surface area contributed by atoms with Crippen LogP contribution in [0.4, 0.5) is 4.39 Å². The quantitative estimate of drug-likeness (QED) is 0.885. The summed E-state index contributed by atoms with van der Waals surface area (Å²) in [4.78, 5) is 0. The van der Waals surface area contributed by atoms with Gasteiger partial charge in [-0.1, -0.05) is 19.1 Å². The zero-order valence-corrected chi connectivity index (χ0v) is 10.7. The van der Waals surface area contributed by atoms with E-state index >= 15 is 0 Å². The van der Waals surface area contributed by atoms with Gasteiger partial charge in [0, 0.05) is 12.0 Å². The van der Waals surface area contributed by atoms with Gasteiger partial charge in [0.1, 0.15) is 5.82 Å². The molecule has 0 aromatic heterocycles. The minimum Gasteiger partial charge on any atom is -0.375 e. The average Bonchev–Trinajstić information content (AvgIpc) is 2.99. The molecule has 0 aliphatic carbocycles. The zero-order valence-electron chi connectivity index (χ0n) is 10.7. The summed E-state index contributed by atoms with van der Waals surface area (Å²) in [5.74, 6) is 0.368. The molecule has 2 aliphatic heterocycles. The summed E-state index contributed by atoms with van der Waals surface area (Å²) in [6, 6.07) is 7.19. The van der Waals surface area contributed by atoms with Gasteiger partial charge in [-0.25, -0.2) is 4.39 Å². The van der Waals surface area contributed by atoms with Crippen LogP contribution in [0.25, 0.3) is 0 Å². The fourth-order valence-electron chi connectivity index (χ4n) is 3.43. The fourth-order valence-corrected chi connectivity index (χ4v) is 3.43. The van der Waals surface area contributed by atoms with Crippen LogP contribution in [0, 0.1) is 11.7 Å². The van der Waals surface area contributed by atoms with Crippen molar-refractivity contribution in [1.82, 2.24) is 5.32 Å². The Bertz CT molecular complexity index is 405. The molecule has 18 heavy (non-hydrogen) atoms. The average molecular weight is 249 g/mol. The van der Waals surface area contributed by atoms with Gasteiger partial charge in [0.25, 0.3) is 0 Å². The fraction of sp³-hybridized carbons (Fsp3) is 0.600. The minimum atomic E-state index is -0.168. The Morgan fingerprint density at radius 2 is 2.11 bits per heavy atom. The third-order valence-corrected chi connectivity index (χ3v) is 4.23. The Labute approximate surface area is 108 Å². The Morgan fingerprint density at radius 3 is 2.67 bits per heavy atom. The van der Waals surface area contributed by atoms with Crippen LogP contribution in [0.3, 0.4) is 0 Å². The van der Waals surface area contributed by atoms with Crippen LogP contribution in [-0.4, -0.2) is 18.8 Å². The van der Waals surface area contributed by atoms with Crippen LogP contribution in [-0.2, 0) is 4.74 Å². The molecule has 3 rings (SSSR count). The van der Waals surface area contributed by atoms with Gasteiger partial charge in [0.05, 0.1) is 12.2 Å². The van der Waals surface area contributed by atoms with Crippen molar-refractivity contribution in [3.8, 4) is 0 Å². The first-order chi connectivity index (χ1) is 8.78. The predicted molar refractivity (Wildman–Crippen MR) is 68.8 cm³/mol. The highest BCUT2D eigenvalue weighted by atomic mass is 19.1. The predicted octanol–water partition coefficient (Wildman–Crippen LogP) is 3.04. The van der Waals surface area contributed by atoms with Crippen LogP contribution in [0.15, 0.2) is 24.3 Å². The summed E-state index contributed by atoms with van der Waals surface area (Å²) in [5.41, 5.74) is 1.18. The molecule has 1 aromatic carbocycles. The first-order valence-corrected chi connectivity index (χ1v) is 6.92. The third kappa shape index (κ3) is 2.17. The lowest BCUT2D eigenvalue weighted by Crippen LogP contribution is -2.33. The molecule has 2 heterocycles. The normalized spacial score (nSPS) is 31.8. The van der Waals surface area contributed by atoms with Gasteiger partial charge in [-0.3, -0.25) is 0 Å². The van der Waals surface area contributed by atoms with Crippen molar-refractivity contribution >= 4 is 0 Å². The lowest BCUT2D eigenvalue weighted by Gasteiger charge is -2.29. The molecule has 4 atom stereocenters. The molecule has 0 radical (unpaired) electrons. The second-order valence-electron chi connectivity index (χ2n) is 5.36. The number of ether oxygens (including phenoxy) is 1. The minimum absolute atomic E-state index is 0.168. The number of nitrogens with one attached hydrogen (secondary N) is 1. The van der Waals surface area contributed by atoms with Gasteiger partial charge in [-0.15, -0.1) is 0 Å². The van der Waals surface area contributed by atoms with E-state index in [0.29, 0.717) is 24.2 Å². The van der Waals surface area contributed by atoms with Crippen molar-refractivity contribution in [2.24, 2.45) is 5.92 Å². The summed E-state index contributed by atoms with van der Waals surface area (Å²) in [6.45, 7) is 3.04. The lowest BCUT2D eigenvalue weighted by molar-refractivity contribution is 0.0858. The molecule has 2 fully saturated rings. The number of hydrogen-bond donors (Lipinski definition) is 1.